The van der Waals surface area contributed by atoms with E-state index in [1.807, 2.05) is 0 Å². The molecule has 23 heavy (non-hydrogen) atoms. The van der Waals surface area contributed by atoms with Gasteiger partial charge >= 0.3 is 12.4 Å². The molecular formula is C13H15F6N3O. The van der Waals surface area contributed by atoms with Crippen LogP contribution < -0.4 is 4.90 Å². The van der Waals surface area contributed by atoms with Gasteiger partial charge in [0.25, 0.3) is 0 Å². The van der Waals surface area contributed by atoms with Crippen LogP contribution in [0.25, 0.3) is 0 Å². The summed E-state index contributed by atoms with van der Waals surface area (Å²) < 4.78 is 83.3. The first-order valence-electron chi connectivity index (χ1n) is 6.72. The zero-order valence-electron chi connectivity index (χ0n) is 12.4. The molecule has 0 amide bonds. The second-order valence-electron chi connectivity index (χ2n) is 5.47. The van der Waals surface area contributed by atoms with Crippen molar-refractivity contribution in [2.75, 3.05) is 25.1 Å². The molecule has 2 rings (SSSR count). The van der Waals surface area contributed by atoms with E-state index in [0.29, 0.717) is 5.69 Å². The van der Waals surface area contributed by atoms with Gasteiger partial charge in [-0.15, -0.1) is 0 Å². The maximum Gasteiger partial charge on any atom is 0.404 e. The summed E-state index contributed by atoms with van der Waals surface area (Å²) in [6.07, 6.45) is -11.8. The predicted molar refractivity (Wildman–Crippen MR) is 68.9 cm³/mol. The minimum absolute atomic E-state index is 0.0200. The lowest BCUT2D eigenvalue weighted by atomic mass is 9.85. The number of anilines is 1. The molecule has 1 aliphatic rings. The summed E-state index contributed by atoms with van der Waals surface area (Å²) >= 11 is 0. The Kier molecular flexibility index (Phi) is 4.49. The largest absolute Gasteiger partial charge is 0.404 e. The van der Waals surface area contributed by atoms with Crippen LogP contribution in [-0.2, 0) is 11.3 Å². The number of ether oxygens (including phenoxy) is 1. The summed E-state index contributed by atoms with van der Waals surface area (Å²) in [5.41, 5.74) is -3.29. The summed E-state index contributed by atoms with van der Waals surface area (Å²) in [6.45, 7) is 0.0121. The van der Waals surface area contributed by atoms with Gasteiger partial charge in [-0.2, -0.15) is 26.3 Å². The van der Waals surface area contributed by atoms with Crippen molar-refractivity contribution in [3.63, 3.8) is 0 Å². The maximum absolute atomic E-state index is 13.1. The van der Waals surface area contributed by atoms with Gasteiger partial charge < -0.3 is 9.64 Å². The minimum atomic E-state index is -5.38. The highest BCUT2D eigenvalue weighted by molar-refractivity contribution is 5.42. The lowest BCUT2D eigenvalue weighted by Gasteiger charge is -2.33. The number of hydrogen-bond donors (Lipinski definition) is 0. The van der Waals surface area contributed by atoms with Crippen LogP contribution in [0.1, 0.15) is 17.9 Å². The monoisotopic (exact) mass is 343 g/mol. The van der Waals surface area contributed by atoms with Crippen molar-refractivity contribution >= 4 is 5.82 Å². The van der Waals surface area contributed by atoms with Crippen molar-refractivity contribution in [2.24, 2.45) is 5.41 Å². The van der Waals surface area contributed by atoms with E-state index in [1.54, 1.807) is 6.92 Å². The van der Waals surface area contributed by atoms with E-state index in [-0.39, 0.29) is 24.8 Å². The van der Waals surface area contributed by atoms with E-state index in [0.717, 1.165) is 4.90 Å². The Hall–Kier alpha value is -1.58. The quantitative estimate of drug-likeness (QED) is 0.790. The average Bonchev–Trinajstić information content (AvgIpc) is 2.83. The van der Waals surface area contributed by atoms with E-state index >= 15 is 0 Å². The number of halogens is 6. The van der Waals surface area contributed by atoms with Crippen molar-refractivity contribution in [3.8, 4) is 0 Å². The maximum atomic E-state index is 13.1. The minimum Gasteiger partial charge on any atom is -0.377 e. The van der Waals surface area contributed by atoms with Gasteiger partial charge in [0.1, 0.15) is 12.4 Å². The van der Waals surface area contributed by atoms with Crippen LogP contribution in [0, 0.1) is 12.3 Å². The molecule has 1 aromatic rings. The van der Waals surface area contributed by atoms with Crippen LogP contribution in [0.5, 0.6) is 0 Å². The molecule has 1 saturated heterocycles. The number of nitrogens with zero attached hydrogens (tertiary/aromatic N) is 3. The van der Waals surface area contributed by atoms with E-state index in [4.69, 9.17) is 4.74 Å². The molecule has 0 bridgehead atoms. The third-order valence-corrected chi connectivity index (χ3v) is 3.84. The molecule has 0 spiro atoms. The fraction of sp³-hybridized carbons (Fsp3) is 0.692. The highest BCUT2D eigenvalue weighted by atomic mass is 19.4. The molecule has 10 heteroatoms. The van der Waals surface area contributed by atoms with Crippen LogP contribution in [-0.4, -0.2) is 42.5 Å². The second-order valence-corrected chi connectivity index (χ2v) is 5.47. The zero-order chi connectivity index (χ0) is 17.5. The van der Waals surface area contributed by atoms with E-state index in [2.05, 4.69) is 9.97 Å². The van der Waals surface area contributed by atoms with E-state index in [1.165, 1.54) is 13.2 Å². The topological polar surface area (TPSA) is 38.2 Å². The van der Waals surface area contributed by atoms with Crippen LogP contribution >= 0.6 is 0 Å². The van der Waals surface area contributed by atoms with Gasteiger partial charge in [-0.05, 0) is 13.3 Å². The molecule has 1 fully saturated rings. The van der Waals surface area contributed by atoms with E-state index in [9.17, 15) is 26.3 Å². The third-order valence-electron chi connectivity index (χ3n) is 3.84. The highest BCUT2D eigenvalue weighted by Crippen LogP contribution is 2.55. The summed E-state index contributed by atoms with van der Waals surface area (Å²) in [7, 11) is 1.39. The Morgan fingerprint density at radius 1 is 1.17 bits per heavy atom. The second kappa shape index (κ2) is 5.81. The summed E-state index contributed by atoms with van der Waals surface area (Å²) in [5.74, 6) is 0.249. The van der Waals surface area contributed by atoms with Crippen molar-refractivity contribution in [1.29, 1.82) is 0 Å². The van der Waals surface area contributed by atoms with Gasteiger partial charge in [-0.25, -0.2) is 9.97 Å². The molecule has 0 atom stereocenters. The molecular weight excluding hydrogens is 328 g/mol. The summed E-state index contributed by atoms with van der Waals surface area (Å²) in [4.78, 5) is 9.01. The highest BCUT2D eigenvalue weighted by Gasteiger charge is 2.72. The van der Waals surface area contributed by atoms with E-state index < -0.39 is 30.7 Å². The molecule has 0 radical (unpaired) electrons. The molecule has 0 unspecified atom stereocenters. The lowest BCUT2D eigenvalue weighted by molar-refractivity contribution is -0.332. The number of methoxy groups -OCH3 is 1. The Morgan fingerprint density at radius 2 is 1.78 bits per heavy atom. The normalized spacial score (nSPS) is 18.5. The van der Waals surface area contributed by atoms with Crippen LogP contribution in [0.2, 0.25) is 0 Å². The SMILES string of the molecule is COCc1nc(C)cc(N2CCC(C(F)(F)F)(C(F)(F)F)C2)n1. The summed E-state index contributed by atoms with van der Waals surface area (Å²) in [5, 5.41) is 0. The molecule has 1 aliphatic heterocycles. The smallest absolute Gasteiger partial charge is 0.377 e. The molecule has 2 heterocycles. The Balaban J connectivity index is 2.35. The summed E-state index contributed by atoms with van der Waals surface area (Å²) in [6, 6.07) is 1.36. The number of aryl methyl sites for hydroxylation is 1. The van der Waals surface area contributed by atoms with Crippen molar-refractivity contribution < 1.29 is 31.1 Å². The molecule has 130 valence electrons. The number of rotatable bonds is 3. The molecule has 0 saturated carbocycles. The third kappa shape index (κ3) is 3.22. The molecule has 4 nitrogen and oxygen atoms in total. The number of alkyl halides is 6. The first-order valence-corrected chi connectivity index (χ1v) is 6.72. The standard InChI is InChI=1S/C13H15F6N3O/c1-8-5-10(21-9(20-8)6-23-2)22-4-3-11(7-22,12(14,15)16)13(17,18)19/h5H,3-4,6-7H2,1-2H3. The predicted octanol–water partition coefficient (Wildman–Crippen LogP) is 3.25. The molecule has 0 aromatic carbocycles. The van der Waals surface area contributed by atoms with Gasteiger partial charge in [0.2, 0.25) is 0 Å². The Labute approximate surface area is 128 Å². The van der Waals surface area contributed by atoms with Crippen molar-refractivity contribution in [3.05, 3.63) is 17.6 Å². The van der Waals surface area contributed by atoms with Crippen LogP contribution in [0.4, 0.5) is 32.2 Å². The fourth-order valence-corrected chi connectivity index (χ4v) is 2.60. The molecule has 0 N–H and O–H groups in total. The van der Waals surface area contributed by atoms with Gasteiger partial charge in [0, 0.05) is 32.0 Å². The Bertz CT molecular complexity index is 558. The molecule has 0 aliphatic carbocycles. The van der Waals surface area contributed by atoms with Crippen molar-refractivity contribution in [1.82, 2.24) is 9.97 Å². The first-order chi connectivity index (χ1) is 10.5. The number of aromatic nitrogens is 2. The van der Waals surface area contributed by atoms with Gasteiger partial charge in [-0.3, -0.25) is 0 Å². The van der Waals surface area contributed by atoms with Gasteiger partial charge in [0.15, 0.2) is 11.2 Å². The fourth-order valence-electron chi connectivity index (χ4n) is 2.60. The molecule has 1 aromatic heterocycles. The van der Waals surface area contributed by atoms with Gasteiger partial charge in [-0.1, -0.05) is 0 Å². The van der Waals surface area contributed by atoms with Crippen LogP contribution in [0.3, 0.4) is 0 Å². The zero-order valence-corrected chi connectivity index (χ0v) is 12.4. The first kappa shape index (κ1) is 17.8. The number of hydrogen-bond acceptors (Lipinski definition) is 4. The lowest BCUT2D eigenvalue weighted by Crippen LogP contribution is -2.51. The van der Waals surface area contributed by atoms with Crippen LogP contribution in [0.15, 0.2) is 6.07 Å². The van der Waals surface area contributed by atoms with Crippen molar-refractivity contribution in [2.45, 2.75) is 32.3 Å². The average molecular weight is 343 g/mol. The van der Waals surface area contributed by atoms with Gasteiger partial charge in [0.05, 0.1) is 0 Å². The Morgan fingerprint density at radius 3 is 2.26 bits per heavy atom.